The lowest BCUT2D eigenvalue weighted by Gasteiger charge is -2.45. The molecule has 0 bridgehead atoms. The summed E-state index contributed by atoms with van der Waals surface area (Å²) in [6.45, 7) is 6.69. The maximum absolute atomic E-state index is 13.2. The molecule has 8 heteroatoms. The average molecular weight is 550 g/mol. The van der Waals surface area contributed by atoms with Crippen LogP contribution < -0.4 is 14.2 Å². The van der Waals surface area contributed by atoms with Crippen LogP contribution in [0.2, 0.25) is 0 Å². The van der Waals surface area contributed by atoms with Gasteiger partial charge in [-0.15, -0.1) is 0 Å². The molecule has 3 aromatic carbocycles. The normalized spacial score (nSPS) is 16.1. The van der Waals surface area contributed by atoms with E-state index in [1.807, 2.05) is 36.4 Å². The van der Waals surface area contributed by atoms with E-state index in [1.54, 1.807) is 27.9 Å². The minimum Gasteiger partial charge on any atom is -0.497 e. The van der Waals surface area contributed by atoms with Crippen molar-refractivity contribution in [3.05, 3.63) is 102 Å². The third-order valence-electron chi connectivity index (χ3n) is 7.22. The Hall–Kier alpha value is -3.20. The largest absolute Gasteiger partial charge is 0.497 e. The van der Waals surface area contributed by atoms with Gasteiger partial charge in [0.2, 0.25) is 5.91 Å². The van der Waals surface area contributed by atoms with Crippen LogP contribution in [0.3, 0.4) is 0 Å². The van der Waals surface area contributed by atoms with Crippen LogP contribution in [0.1, 0.15) is 62.8 Å². The number of nitrogens with zero attached hydrogens (tertiary/aromatic N) is 1. The zero-order chi connectivity index (χ0) is 28.1. The molecule has 7 nitrogen and oxygen atoms in total. The fraction of sp³-hybridized carbons (Fsp3) is 0.387. The Kier molecular flexibility index (Phi) is 8.79. The lowest BCUT2D eigenvalue weighted by molar-refractivity contribution is -0.121. The van der Waals surface area contributed by atoms with Gasteiger partial charge in [-0.25, -0.2) is 4.72 Å². The molecule has 4 rings (SSSR count). The van der Waals surface area contributed by atoms with E-state index in [0.717, 1.165) is 18.7 Å². The van der Waals surface area contributed by atoms with Crippen molar-refractivity contribution in [3.63, 3.8) is 0 Å². The average Bonchev–Trinajstić information content (AvgIpc) is 2.89. The van der Waals surface area contributed by atoms with Gasteiger partial charge in [-0.05, 0) is 75.5 Å². The van der Waals surface area contributed by atoms with E-state index in [4.69, 9.17) is 4.74 Å². The van der Waals surface area contributed by atoms with Gasteiger partial charge in [0, 0.05) is 17.4 Å². The fourth-order valence-corrected chi connectivity index (χ4v) is 6.77. The Morgan fingerprint density at radius 3 is 2.00 bits per heavy atom. The molecular formula is C31H39N3O4S. The molecule has 0 radical (unpaired) electrons. The van der Waals surface area contributed by atoms with Gasteiger partial charge in [0.15, 0.2) is 0 Å². The molecule has 1 aliphatic heterocycles. The number of hydrogen-bond acceptors (Lipinski definition) is 5. The van der Waals surface area contributed by atoms with Crippen molar-refractivity contribution in [2.45, 2.75) is 57.0 Å². The number of hydrogen-bond donors (Lipinski definition) is 2. The second-order valence-electron chi connectivity index (χ2n) is 11.3. The van der Waals surface area contributed by atoms with Crippen molar-refractivity contribution < 1.29 is 17.9 Å². The number of amides is 1. The van der Waals surface area contributed by atoms with E-state index in [9.17, 15) is 13.2 Å². The highest BCUT2D eigenvalue weighted by molar-refractivity contribution is 7.88. The Balaban J connectivity index is 1.62. The molecule has 1 fully saturated rings. The number of rotatable bonds is 9. The summed E-state index contributed by atoms with van der Waals surface area (Å²) in [5, 5.41) is 0. The molecule has 0 saturated carbocycles. The lowest BCUT2D eigenvalue weighted by Crippen LogP contribution is -2.51. The maximum atomic E-state index is 13.2. The quantitative estimate of drug-likeness (QED) is 0.394. The molecular weight excluding hydrogens is 510 g/mol. The molecule has 1 aliphatic rings. The van der Waals surface area contributed by atoms with Crippen LogP contribution in [0.15, 0.2) is 84.9 Å². The van der Waals surface area contributed by atoms with Crippen LogP contribution in [-0.4, -0.2) is 45.0 Å². The van der Waals surface area contributed by atoms with Gasteiger partial charge in [0.05, 0.1) is 13.2 Å². The summed E-state index contributed by atoms with van der Waals surface area (Å²) in [7, 11) is -2.37. The van der Waals surface area contributed by atoms with Crippen molar-refractivity contribution >= 4 is 16.1 Å². The van der Waals surface area contributed by atoms with Gasteiger partial charge in [0.1, 0.15) is 5.75 Å². The summed E-state index contributed by atoms with van der Waals surface area (Å²) < 4.78 is 35.5. The van der Waals surface area contributed by atoms with Gasteiger partial charge in [-0.3, -0.25) is 9.69 Å². The molecule has 0 aliphatic carbocycles. The van der Waals surface area contributed by atoms with Crippen molar-refractivity contribution in [2.24, 2.45) is 0 Å². The highest BCUT2D eigenvalue weighted by Crippen LogP contribution is 2.43. The number of likely N-dealkylation sites (tertiary alicyclic amines) is 1. The molecule has 0 aromatic heterocycles. The number of methoxy groups -OCH3 is 1. The third-order valence-corrected chi connectivity index (χ3v) is 8.60. The molecule has 1 amide bonds. The van der Waals surface area contributed by atoms with Crippen molar-refractivity contribution in [2.75, 3.05) is 20.2 Å². The molecule has 1 saturated heterocycles. The van der Waals surface area contributed by atoms with Crippen molar-refractivity contribution in [1.29, 1.82) is 0 Å². The van der Waals surface area contributed by atoms with E-state index in [1.165, 1.54) is 11.1 Å². The zero-order valence-electron chi connectivity index (χ0n) is 23.2. The van der Waals surface area contributed by atoms with Gasteiger partial charge in [-0.2, -0.15) is 13.1 Å². The standard InChI is InChI=1S/C31H39N3O4S/c1-30(2,3)33-39(36,37)32-28(35)23-31(26-16-11-17-27(22-26)38-4)18-20-34(21-19-31)29(24-12-7-5-8-13-24)25-14-9-6-10-15-25/h5-17,22,29,33H,18-21,23H2,1-4H3,(H,32,35). The van der Waals surface area contributed by atoms with E-state index in [2.05, 4.69) is 62.9 Å². The third kappa shape index (κ3) is 7.47. The van der Waals surface area contributed by atoms with Crippen LogP contribution in [0.5, 0.6) is 5.75 Å². The Labute approximate surface area is 232 Å². The SMILES string of the molecule is COc1cccc(C2(CC(=O)NS(=O)(=O)NC(C)(C)C)CCN(C(c3ccccc3)c3ccccc3)CC2)c1. The second-order valence-corrected chi connectivity index (χ2v) is 12.7. The highest BCUT2D eigenvalue weighted by Gasteiger charge is 2.41. The molecule has 0 atom stereocenters. The van der Waals surface area contributed by atoms with Gasteiger partial charge in [0.25, 0.3) is 0 Å². The van der Waals surface area contributed by atoms with Crippen molar-refractivity contribution in [3.8, 4) is 5.75 Å². The first-order chi connectivity index (χ1) is 18.5. The minimum absolute atomic E-state index is 0.0560. The lowest BCUT2D eigenvalue weighted by atomic mass is 9.70. The summed E-state index contributed by atoms with van der Waals surface area (Å²) in [4.78, 5) is 15.7. The summed E-state index contributed by atoms with van der Waals surface area (Å²) in [5.74, 6) is 0.189. The summed E-state index contributed by atoms with van der Waals surface area (Å²) in [5.41, 5.74) is 2.17. The second kappa shape index (κ2) is 11.9. The number of carbonyl (C=O) groups is 1. The number of piperidine rings is 1. The van der Waals surface area contributed by atoms with Crippen LogP contribution in [0, 0.1) is 0 Å². The molecule has 0 spiro atoms. The van der Waals surface area contributed by atoms with Crippen LogP contribution in [0.25, 0.3) is 0 Å². The number of ether oxygens (including phenoxy) is 1. The van der Waals surface area contributed by atoms with E-state index >= 15 is 0 Å². The molecule has 2 N–H and O–H groups in total. The Morgan fingerprint density at radius 2 is 1.49 bits per heavy atom. The first-order valence-electron chi connectivity index (χ1n) is 13.3. The van der Waals surface area contributed by atoms with Crippen molar-refractivity contribution in [1.82, 2.24) is 14.3 Å². The fourth-order valence-electron chi connectivity index (χ4n) is 5.54. The Bertz CT molecular complexity index is 1310. The summed E-state index contributed by atoms with van der Waals surface area (Å²) in [6.07, 6.45) is 1.44. The van der Waals surface area contributed by atoms with Crippen LogP contribution >= 0.6 is 0 Å². The van der Waals surface area contributed by atoms with Crippen LogP contribution in [-0.2, 0) is 20.4 Å². The molecule has 39 heavy (non-hydrogen) atoms. The Morgan fingerprint density at radius 1 is 0.923 bits per heavy atom. The van der Waals surface area contributed by atoms with E-state index < -0.39 is 27.1 Å². The topological polar surface area (TPSA) is 87.7 Å². The smallest absolute Gasteiger partial charge is 0.301 e. The van der Waals surface area contributed by atoms with E-state index in [0.29, 0.717) is 18.6 Å². The van der Waals surface area contributed by atoms with Gasteiger partial charge >= 0.3 is 10.2 Å². The first kappa shape index (κ1) is 28.8. The van der Waals surface area contributed by atoms with E-state index in [-0.39, 0.29) is 12.5 Å². The molecule has 1 heterocycles. The highest BCUT2D eigenvalue weighted by atomic mass is 32.2. The number of carbonyl (C=O) groups excluding carboxylic acids is 1. The monoisotopic (exact) mass is 549 g/mol. The minimum atomic E-state index is -3.99. The predicted octanol–water partition coefficient (Wildman–Crippen LogP) is 4.96. The molecule has 208 valence electrons. The van der Waals surface area contributed by atoms with Crippen LogP contribution in [0.4, 0.5) is 0 Å². The maximum Gasteiger partial charge on any atom is 0.301 e. The zero-order valence-corrected chi connectivity index (χ0v) is 24.0. The summed E-state index contributed by atoms with van der Waals surface area (Å²) >= 11 is 0. The first-order valence-corrected chi connectivity index (χ1v) is 14.8. The summed E-state index contributed by atoms with van der Waals surface area (Å²) in [6, 6.07) is 28.8. The predicted molar refractivity (Wildman–Crippen MR) is 155 cm³/mol. The van der Waals surface area contributed by atoms with Gasteiger partial charge < -0.3 is 4.74 Å². The number of nitrogens with one attached hydrogen (secondary N) is 2. The number of benzene rings is 3. The molecule has 3 aromatic rings. The van der Waals surface area contributed by atoms with Gasteiger partial charge in [-0.1, -0.05) is 72.8 Å². The molecule has 0 unspecified atom stereocenters.